The van der Waals surface area contributed by atoms with Crippen LogP contribution < -0.4 is 15.5 Å². The van der Waals surface area contributed by atoms with Crippen LogP contribution in [0.3, 0.4) is 0 Å². The molecule has 0 radical (unpaired) electrons. The lowest BCUT2D eigenvalue weighted by molar-refractivity contribution is -0.122. The van der Waals surface area contributed by atoms with E-state index in [1.807, 2.05) is 36.4 Å². The Hall–Kier alpha value is -2.82. The molecule has 2 aromatic carbocycles. The number of carbonyl (C=O) groups is 2. The van der Waals surface area contributed by atoms with Crippen molar-refractivity contribution in [1.29, 1.82) is 0 Å². The maximum atomic E-state index is 12.5. The van der Waals surface area contributed by atoms with Gasteiger partial charge in [-0.15, -0.1) is 0 Å². The topological polar surface area (TPSA) is 61.4 Å². The highest BCUT2D eigenvalue weighted by atomic mass is 16.2. The molecule has 4 rings (SSSR count). The third kappa shape index (κ3) is 4.19. The largest absolute Gasteiger partial charge is 0.372 e. The first-order valence-electron chi connectivity index (χ1n) is 10.2. The summed E-state index contributed by atoms with van der Waals surface area (Å²) in [5.41, 5.74) is 4.01. The molecule has 2 fully saturated rings. The smallest absolute Gasteiger partial charge is 0.228 e. The van der Waals surface area contributed by atoms with Gasteiger partial charge in [0.2, 0.25) is 11.8 Å². The van der Waals surface area contributed by atoms with Crippen LogP contribution in [0.1, 0.15) is 31.7 Å². The predicted octanol–water partition coefficient (Wildman–Crippen LogP) is 4.06. The van der Waals surface area contributed by atoms with Crippen molar-refractivity contribution in [2.45, 2.75) is 32.6 Å². The van der Waals surface area contributed by atoms with E-state index in [9.17, 15) is 9.59 Å². The number of hydrogen-bond acceptors (Lipinski definition) is 3. The number of benzene rings is 2. The fourth-order valence-corrected chi connectivity index (χ4v) is 3.80. The van der Waals surface area contributed by atoms with E-state index in [0.717, 1.165) is 30.9 Å². The van der Waals surface area contributed by atoms with Crippen LogP contribution >= 0.6 is 0 Å². The summed E-state index contributed by atoms with van der Waals surface area (Å²) in [5.74, 6) is -0.632. The maximum Gasteiger partial charge on any atom is 0.228 e. The van der Waals surface area contributed by atoms with E-state index in [2.05, 4.69) is 34.6 Å². The van der Waals surface area contributed by atoms with Gasteiger partial charge in [-0.25, -0.2) is 0 Å². The maximum absolute atomic E-state index is 12.5. The molecule has 28 heavy (non-hydrogen) atoms. The number of aryl methyl sites for hydroxylation is 1. The van der Waals surface area contributed by atoms with Crippen molar-refractivity contribution in [3.63, 3.8) is 0 Å². The van der Waals surface area contributed by atoms with Crippen LogP contribution in [0.2, 0.25) is 0 Å². The molecule has 5 heteroatoms. The number of nitrogens with one attached hydrogen (secondary N) is 2. The molecule has 2 N–H and O–H groups in total. The van der Waals surface area contributed by atoms with Gasteiger partial charge in [-0.3, -0.25) is 9.59 Å². The lowest BCUT2D eigenvalue weighted by Gasteiger charge is -2.17. The summed E-state index contributed by atoms with van der Waals surface area (Å²) in [6.45, 7) is 4.30. The minimum absolute atomic E-state index is 0.0737. The van der Waals surface area contributed by atoms with E-state index in [1.54, 1.807) is 0 Å². The van der Waals surface area contributed by atoms with Crippen molar-refractivity contribution < 1.29 is 9.59 Å². The Balaban J connectivity index is 1.28. The normalized spacial score (nSPS) is 20.7. The Bertz CT molecular complexity index is 839. The highest BCUT2D eigenvalue weighted by Crippen LogP contribution is 2.40. The van der Waals surface area contributed by atoms with Gasteiger partial charge in [-0.1, -0.05) is 19.1 Å². The number of rotatable bonds is 6. The lowest BCUT2D eigenvalue weighted by Crippen LogP contribution is -2.21. The van der Waals surface area contributed by atoms with Crippen molar-refractivity contribution >= 4 is 28.9 Å². The molecule has 0 aromatic heterocycles. The molecule has 1 saturated carbocycles. The second kappa shape index (κ2) is 8.05. The molecule has 0 bridgehead atoms. The summed E-state index contributed by atoms with van der Waals surface area (Å²) in [6, 6.07) is 15.8. The average Bonchev–Trinajstić information content (AvgIpc) is 3.35. The molecule has 1 aliphatic heterocycles. The van der Waals surface area contributed by atoms with E-state index >= 15 is 0 Å². The second-order valence-electron chi connectivity index (χ2n) is 7.72. The van der Waals surface area contributed by atoms with Gasteiger partial charge < -0.3 is 15.5 Å². The Morgan fingerprint density at radius 2 is 1.36 bits per heavy atom. The van der Waals surface area contributed by atoms with Crippen LogP contribution in [-0.2, 0) is 16.0 Å². The average molecular weight is 377 g/mol. The number of nitrogens with zero attached hydrogens (tertiary/aromatic N) is 1. The summed E-state index contributed by atoms with van der Waals surface area (Å²) in [6.07, 6.45) is 4.06. The molecular weight excluding hydrogens is 350 g/mol. The van der Waals surface area contributed by atoms with Crippen LogP contribution in [0.15, 0.2) is 48.5 Å². The fourth-order valence-electron chi connectivity index (χ4n) is 3.80. The molecule has 146 valence electrons. The first-order chi connectivity index (χ1) is 13.6. The van der Waals surface area contributed by atoms with Crippen molar-refractivity contribution in [3.8, 4) is 0 Å². The highest BCUT2D eigenvalue weighted by molar-refractivity contribution is 6.03. The minimum Gasteiger partial charge on any atom is -0.372 e. The number of anilines is 3. The van der Waals surface area contributed by atoms with Crippen molar-refractivity contribution in [2.24, 2.45) is 11.8 Å². The molecule has 2 atom stereocenters. The van der Waals surface area contributed by atoms with Crippen LogP contribution in [0.5, 0.6) is 0 Å². The molecule has 5 nitrogen and oxygen atoms in total. The summed E-state index contributed by atoms with van der Waals surface area (Å²) in [7, 11) is 0. The van der Waals surface area contributed by atoms with Gasteiger partial charge in [0.1, 0.15) is 0 Å². The van der Waals surface area contributed by atoms with E-state index in [-0.39, 0.29) is 23.7 Å². The first-order valence-corrected chi connectivity index (χ1v) is 10.2. The summed E-state index contributed by atoms with van der Waals surface area (Å²) in [4.78, 5) is 27.2. The zero-order chi connectivity index (χ0) is 19.5. The van der Waals surface area contributed by atoms with Crippen molar-refractivity contribution in [2.75, 3.05) is 28.6 Å². The van der Waals surface area contributed by atoms with Gasteiger partial charge in [-0.2, -0.15) is 0 Å². The molecule has 2 amide bonds. The van der Waals surface area contributed by atoms with E-state index < -0.39 is 0 Å². The minimum atomic E-state index is -0.242. The summed E-state index contributed by atoms with van der Waals surface area (Å²) >= 11 is 0. The molecule has 2 aromatic rings. The van der Waals surface area contributed by atoms with Gasteiger partial charge in [-0.05, 0) is 67.6 Å². The zero-order valence-electron chi connectivity index (χ0n) is 16.3. The number of carbonyl (C=O) groups excluding carboxylic acids is 2. The van der Waals surface area contributed by atoms with Gasteiger partial charge in [0.15, 0.2) is 0 Å². The lowest BCUT2D eigenvalue weighted by atomic mass is 10.1. The predicted molar refractivity (Wildman–Crippen MR) is 113 cm³/mol. The monoisotopic (exact) mass is 377 g/mol. The second-order valence-corrected chi connectivity index (χ2v) is 7.72. The SMILES string of the molecule is CCc1ccc(NC(=O)C2CC2C(=O)Nc2ccc(N3CCCC3)cc2)cc1. The van der Waals surface area contributed by atoms with E-state index in [0.29, 0.717) is 6.42 Å². The van der Waals surface area contributed by atoms with Crippen molar-refractivity contribution in [3.05, 3.63) is 54.1 Å². The van der Waals surface area contributed by atoms with E-state index in [1.165, 1.54) is 24.1 Å². The number of amides is 2. The Morgan fingerprint density at radius 3 is 1.86 bits per heavy atom. The van der Waals surface area contributed by atoms with Crippen LogP contribution in [0.4, 0.5) is 17.1 Å². The Morgan fingerprint density at radius 1 is 0.857 bits per heavy atom. The van der Waals surface area contributed by atoms with Gasteiger partial charge >= 0.3 is 0 Å². The summed E-state index contributed by atoms with van der Waals surface area (Å²) in [5, 5.41) is 5.87. The van der Waals surface area contributed by atoms with Gasteiger partial charge in [0.25, 0.3) is 0 Å². The van der Waals surface area contributed by atoms with E-state index in [4.69, 9.17) is 0 Å². The molecular formula is C23H27N3O2. The third-order valence-corrected chi connectivity index (χ3v) is 5.70. The van der Waals surface area contributed by atoms with Crippen molar-refractivity contribution in [1.82, 2.24) is 0 Å². The molecule has 1 heterocycles. The van der Waals surface area contributed by atoms with Gasteiger partial charge in [0.05, 0.1) is 11.8 Å². The molecule has 1 saturated heterocycles. The van der Waals surface area contributed by atoms with Crippen LogP contribution in [0, 0.1) is 11.8 Å². The Kier molecular flexibility index (Phi) is 5.33. The Labute approximate surface area is 166 Å². The van der Waals surface area contributed by atoms with Crippen LogP contribution in [0.25, 0.3) is 0 Å². The third-order valence-electron chi connectivity index (χ3n) is 5.70. The number of hydrogen-bond donors (Lipinski definition) is 2. The zero-order valence-corrected chi connectivity index (χ0v) is 16.3. The molecule has 2 aliphatic rings. The van der Waals surface area contributed by atoms with Gasteiger partial charge in [0, 0.05) is 30.2 Å². The quantitative estimate of drug-likeness (QED) is 0.798. The molecule has 1 aliphatic carbocycles. The standard InChI is InChI=1S/C23H27N3O2/c1-2-16-5-7-17(8-6-16)24-22(27)20-15-21(20)23(28)25-18-9-11-19(12-10-18)26-13-3-4-14-26/h5-12,20-21H,2-4,13-15H2,1H3,(H,24,27)(H,25,28). The fraction of sp³-hybridized carbons (Fsp3) is 0.391. The highest BCUT2D eigenvalue weighted by Gasteiger charge is 2.48. The van der Waals surface area contributed by atoms with Crippen LogP contribution in [-0.4, -0.2) is 24.9 Å². The molecule has 2 unspecified atom stereocenters. The summed E-state index contributed by atoms with van der Waals surface area (Å²) < 4.78 is 0. The molecule has 0 spiro atoms. The first kappa shape index (κ1) is 18.5.